The van der Waals surface area contributed by atoms with Crippen LogP contribution in [0.15, 0.2) is 79.0 Å². The Morgan fingerprint density at radius 2 is 1.45 bits per heavy atom. The maximum Gasteiger partial charge on any atom is 0.157 e. The average molecular weight is 431 g/mol. The van der Waals surface area contributed by atoms with Crippen LogP contribution in [0.3, 0.4) is 0 Å². The van der Waals surface area contributed by atoms with Crippen molar-refractivity contribution >= 4 is 21.9 Å². The number of hydrogen-bond donors (Lipinski definition) is 1. The zero-order valence-electron chi connectivity index (χ0n) is 19.3. The molecule has 4 heteroatoms. The zero-order valence-corrected chi connectivity index (χ0v) is 19.3. The van der Waals surface area contributed by atoms with Crippen LogP contribution in [0.2, 0.25) is 0 Å². The molecule has 6 rings (SSSR count). The van der Waals surface area contributed by atoms with Gasteiger partial charge in [-0.1, -0.05) is 66.7 Å². The van der Waals surface area contributed by atoms with E-state index in [2.05, 4.69) is 115 Å². The van der Waals surface area contributed by atoms with E-state index in [4.69, 9.17) is 4.98 Å². The molecule has 162 valence electrons. The molecule has 0 spiro atoms. The number of para-hydroxylation sites is 2. The number of aryl methyl sites for hydroxylation is 3. The van der Waals surface area contributed by atoms with Crippen LogP contribution in [0, 0.1) is 27.7 Å². The van der Waals surface area contributed by atoms with Gasteiger partial charge in [0.15, 0.2) is 5.82 Å². The molecule has 0 bridgehead atoms. The van der Waals surface area contributed by atoms with Gasteiger partial charge in [0.1, 0.15) is 11.5 Å². The fourth-order valence-corrected chi connectivity index (χ4v) is 5.10. The van der Waals surface area contributed by atoms with Gasteiger partial charge in [-0.05, 0) is 50.5 Å². The highest BCUT2D eigenvalue weighted by Gasteiger charge is 2.21. The minimum Gasteiger partial charge on any atom is -0.340 e. The van der Waals surface area contributed by atoms with Crippen molar-refractivity contribution in [3.63, 3.8) is 0 Å². The number of nitrogens with zero attached hydrogens (tertiary/aromatic N) is 3. The lowest BCUT2D eigenvalue weighted by Crippen LogP contribution is -2.01. The second-order valence-corrected chi connectivity index (χ2v) is 8.84. The fraction of sp³-hybridized carbons (Fsp3) is 0.138. The summed E-state index contributed by atoms with van der Waals surface area (Å²) < 4.78 is 4.51. The van der Waals surface area contributed by atoms with E-state index in [1.807, 2.05) is 6.07 Å². The van der Waals surface area contributed by atoms with Gasteiger partial charge in [-0.2, -0.15) is 0 Å². The van der Waals surface area contributed by atoms with E-state index in [-0.39, 0.29) is 0 Å². The Balaban J connectivity index is 1.68. The maximum absolute atomic E-state index is 5.21. The standard InChI is InChI=1S/C29H26N4/c1-18-11-10-12-19(2)27(18)32-17-25(31-28(32)22-13-6-5-7-14-22)33-21(4)20(3)26-23-15-8-9-16-24(23)30-29(26)33/h5-17,30H,1-4H3. The maximum atomic E-state index is 5.21. The first-order valence-corrected chi connectivity index (χ1v) is 11.3. The van der Waals surface area contributed by atoms with E-state index >= 15 is 0 Å². The quantitative estimate of drug-likeness (QED) is 0.317. The lowest BCUT2D eigenvalue weighted by molar-refractivity contribution is 0.984. The van der Waals surface area contributed by atoms with Crippen molar-refractivity contribution in [1.29, 1.82) is 0 Å². The summed E-state index contributed by atoms with van der Waals surface area (Å²) in [7, 11) is 0. The SMILES string of the molecule is Cc1cccc(C)c1-n1cc(-n2c(C)c(C)c3c4ccccc4[nH]c32)nc1-c1ccccc1. The van der Waals surface area contributed by atoms with Crippen LogP contribution in [0.5, 0.6) is 0 Å². The van der Waals surface area contributed by atoms with Gasteiger partial charge < -0.3 is 4.98 Å². The highest BCUT2D eigenvalue weighted by molar-refractivity contribution is 6.09. The summed E-state index contributed by atoms with van der Waals surface area (Å²) in [6, 6.07) is 25.4. The van der Waals surface area contributed by atoms with E-state index in [1.54, 1.807) is 0 Å². The van der Waals surface area contributed by atoms with E-state index in [0.717, 1.165) is 28.4 Å². The highest BCUT2D eigenvalue weighted by atomic mass is 15.2. The van der Waals surface area contributed by atoms with Gasteiger partial charge in [0, 0.05) is 27.5 Å². The number of hydrogen-bond acceptors (Lipinski definition) is 1. The Bertz CT molecular complexity index is 1620. The van der Waals surface area contributed by atoms with Crippen LogP contribution in [0.25, 0.3) is 44.8 Å². The molecule has 4 nitrogen and oxygen atoms in total. The molecular weight excluding hydrogens is 404 g/mol. The van der Waals surface area contributed by atoms with Crippen molar-refractivity contribution in [1.82, 2.24) is 19.1 Å². The van der Waals surface area contributed by atoms with E-state index in [1.165, 1.54) is 38.8 Å². The Kier molecular flexibility index (Phi) is 4.31. The number of benzene rings is 3. The molecule has 0 fully saturated rings. The van der Waals surface area contributed by atoms with Crippen molar-refractivity contribution in [2.24, 2.45) is 0 Å². The Morgan fingerprint density at radius 3 is 2.21 bits per heavy atom. The predicted molar refractivity (Wildman–Crippen MR) is 137 cm³/mol. The summed E-state index contributed by atoms with van der Waals surface area (Å²) in [5.41, 5.74) is 9.47. The topological polar surface area (TPSA) is 38.5 Å². The number of fused-ring (bicyclic) bond motifs is 3. The monoisotopic (exact) mass is 430 g/mol. The van der Waals surface area contributed by atoms with Crippen LogP contribution in [-0.4, -0.2) is 19.1 Å². The van der Waals surface area contributed by atoms with Crippen LogP contribution in [0.4, 0.5) is 0 Å². The summed E-state index contributed by atoms with van der Waals surface area (Å²) in [6.45, 7) is 8.71. The van der Waals surface area contributed by atoms with Crippen LogP contribution >= 0.6 is 0 Å². The lowest BCUT2D eigenvalue weighted by Gasteiger charge is -2.13. The largest absolute Gasteiger partial charge is 0.340 e. The molecule has 3 aromatic heterocycles. The van der Waals surface area contributed by atoms with Crippen LogP contribution < -0.4 is 0 Å². The smallest absolute Gasteiger partial charge is 0.157 e. The van der Waals surface area contributed by atoms with Crippen molar-refractivity contribution in [2.75, 3.05) is 0 Å². The average Bonchev–Trinajstić information content (AvgIpc) is 3.47. The van der Waals surface area contributed by atoms with E-state index in [0.29, 0.717) is 0 Å². The molecule has 0 unspecified atom stereocenters. The van der Waals surface area contributed by atoms with Gasteiger partial charge in [-0.25, -0.2) is 4.98 Å². The number of imidazole rings is 1. The number of aromatic nitrogens is 4. The van der Waals surface area contributed by atoms with Crippen molar-refractivity contribution in [3.8, 4) is 22.9 Å². The first-order chi connectivity index (χ1) is 16.0. The molecule has 3 heterocycles. The number of rotatable bonds is 3. The third-order valence-electron chi connectivity index (χ3n) is 6.80. The molecule has 3 aromatic carbocycles. The summed E-state index contributed by atoms with van der Waals surface area (Å²) in [5.74, 6) is 1.86. The predicted octanol–water partition coefficient (Wildman–Crippen LogP) is 7.20. The van der Waals surface area contributed by atoms with Crippen LogP contribution in [0.1, 0.15) is 22.4 Å². The van der Waals surface area contributed by atoms with Gasteiger partial charge in [0.05, 0.1) is 11.9 Å². The summed E-state index contributed by atoms with van der Waals surface area (Å²) in [4.78, 5) is 8.86. The fourth-order valence-electron chi connectivity index (χ4n) is 5.10. The van der Waals surface area contributed by atoms with Crippen LogP contribution in [-0.2, 0) is 0 Å². The first-order valence-electron chi connectivity index (χ1n) is 11.3. The molecule has 33 heavy (non-hydrogen) atoms. The van der Waals surface area contributed by atoms with Gasteiger partial charge in [-0.3, -0.25) is 9.13 Å². The van der Waals surface area contributed by atoms with Gasteiger partial charge in [0.2, 0.25) is 0 Å². The molecule has 0 saturated carbocycles. The third kappa shape index (κ3) is 2.87. The van der Waals surface area contributed by atoms with E-state index in [9.17, 15) is 0 Å². The van der Waals surface area contributed by atoms with Gasteiger partial charge in [-0.15, -0.1) is 0 Å². The van der Waals surface area contributed by atoms with Crippen molar-refractivity contribution in [2.45, 2.75) is 27.7 Å². The number of H-pyrrole nitrogens is 1. The van der Waals surface area contributed by atoms with Crippen molar-refractivity contribution in [3.05, 3.63) is 101 Å². The molecule has 0 atom stereocenters. The second-order valence-electron chi connectivity index (χ2n) is 8.84. The lowest BCUT2D eigenvalue weighted by atomic mass is 10.1. The Morgan fingerprint density at radius 1 is 0.758 bits per heavy atom. The summed E-state index contributed by atoms with van der Waals surface area (Å²) >= 11 is 0. The molecular formula is C29H26N4. The first kappa shape index (κ1) is 19.6. The zero-order chi connectivity index (χ0) is 22.7. The molecule has 0 radical (unpaired) electrons. The highest BCUT2D eigenvalue weighted by Crippen LogP contribution is 2.35. The van der Waals surface area contributed by atoms with Gasteiger partial charge >= 0.3 is 0 Å². The minimum absolute atomic E-state index is 0.915. The molecule has 0 saturated heterocycles. The molecule has 1 N–H and O–H groups in total. The van der Waals surface area contributed by atoms with Crippen molar-refractivity contribution < 1.29 is 0 Å². The molecule has 0 aliphatic heterocycles. The molecule has 0 aliphatic carbocycles. The normalized spacial score (nSPS) is 11.6. The molecule has 6 aromatic rings. The van der Waals surface area contributed by atoms with E-state index < -0.39 is 0 Å². The second kappa shape index (κ2) is 7.24. The van der Waals surface area contributed by atoms with Gasteiger partial charge in [0.25, 0.3) is 0 Å². The Hall–Kier alpha value is -4.05. The summed E-state index contributed by atoms with van der Waals surface area (Å²) in [5, 5.41) is 2.52. The molecule has 0 aliphatic rings. The number of nitrogens with one attached hydrogen (secondary N) is 1. The third-order valence-corrected chi connectivity index (χ3v) is 6.80. The number of aromatic amines is 1. The molecule has 0 amide bonds. The summed E-state index contributed by atoms with van der Waals surface area (Å²) in [6.07, 6.45) is 2.18. The Labute approximate surface area is 193 Å². The minimum atomic E-state index is 0.915.